The summed E-state index contributed by atoms with van der Waals surface area (Å²) in [6, 6.07) is 4.41. The van der Waals surface area contributed by atoms with Crippen molar-refractivity contribution < 1.29 is 19.4 Å². The van der Waals surface area contributed by atoms with Crippen LogP contribution in [0, 0.1) is 6.92 Å². The lowest BCUT2D eigenvalue weighted by atomic mass is 10.0. The molecule has 1 aromatic rings. The molecule has 1 N–H and O–H groups in total. The highest BCUT2D eigenvalue weighted by atomic mass is 35.5. The Morgan fingerprint density at radius 1 is 1.43 bits per heavy atom. The summed E-state index contributed by atoms with van der Waals surface area (Å²) in [5.74, 6) is -0.668. The van der Waals surface area contributed by atoms with E-state index in [-0.39, 0.29) is 12.5 Å². The molecule has 0 aliphatic carbocycles. The molecule has 1 saturated heterocycles. The SMILES string of the molecule is Cc1cc(Cl)ccc1OCC(=O)N1CCCCC1C(=O)O. The highest BCUT2D eigenvalue weighted by Crippen LogP contribution is 2.22. The molecule has 0 saturated carbocycles. The molecule has 0 radical (unpaired) electrons. The van der Waals surface area contributed by atoms with Crippen molar-refractivity contribution in [1.29, 1.82) is 0 Å². The van der Waals surface area contributed by atoms with E-state index in [0.29, 0.717) is 23.7 Å². The summed E-state index contributed by atoms with van der Waals surface area (Å²) in [5.41, 5.74) is 0.837. The van der Waals surface area contributed by atoms with Gasteiger partial charge in [0.05, 0.1) is 0 Å². The van der Waals surface area contributed by atoms with E-state index in [2.05, 4.69) is 0 Å². The number of benzene rings is 1. The third-order valence-electron chi connectivity index (χ3n) is 3.60. The lowest BCUT2D eigenvalue weighted by molar-refractivity contribution is -0.152. The van der Waals surface area contributed by atoms with Gasteiger partial charge in [-0.3, -0.25) is 4.79 Å². The first-order valence-corrected chi connectivity index (χ1v) is 7.28. The van der Waals surface area contributed by atoms with Crippen LogP contribution in [0.15, 0.2) is 18.2 Å². The number of hydrogen-bond donors (Lipinski definition) is 1. The normalized spacial score (nSPS) is 18.4. The lowest BCUT2D eigenvalue weighted by Crippen LogP contribution is -2.49. The molecule has 1 aliphatic heterocycles. The first-order valence-electron chi connectivity index (χ1n) is 6.90. The van der Waals surface area contributed by atoms with Crippen LogP contribution >= 0.6 is 11.6 Å². The third kappa shape index (κ3) is 3.88. The molecule has 1 amide bonds. The van der Waals surface area contributed by atoms with Crippen LogP contribution in [-0.2, 0) is 9.59 Å². The molecule has 1 unspecified atom stereocenters. The van der Waals surface area contributed by atoms with Crippen LogP contribution in [0.4, 0.5) is 0 Å². The molecule has 0 spiro atoms. The number of piperidine rings is 1. The van der Waals surface area contributed by atoms with Gasteiger partial charge in [0.1, 0.15) is 11.8 Å². The number of carbonyl (C=O) groups is 2. The van der Waals surface area contributed by atoms with Gasteiger partial charge in [0, 0.05) is 11.6 Å². The van der Waals surface area contributed by atoms with Crippen LogP contribution in [0.5, 0.6) is 5.75 Å². The Morgan fingerprint density at radius 3 is 2.86 bits per heavy atom. The molecule has 1 fully saturated rings. The first-order chi connectivity index (χ1) is 9.99. The number of carboxylic acid groups (broad SMARTS) is 1. The van der Waals surface area contributed by atoms with E-state index in [0.717, 1.165) is 18.4 Å². The van der Waals surface area contributed by atoms with Crippen molar-refractivity contribution in [3.05, 3.63) is 28.8 Å². The van der Waals surface area contributed by atoms with Gasteiger partial charge in [-0.05, 0) is 49.9 Å². The van der Waals surface area contributed by atoms with Crippen LogP contribution in [0.1, 0.15) is 24.8 Å². The van der Waals surface area contributed by atoms with Crippen molar-refractivity contribution in [1.82, 2.24) is 4.90 Å². The Labute approximate surface area is 128 Å². The van der Waals surface area contributed by atoms with Crippen LogP contribution in [0.3, 0.4) is 0 Å². The van der Waals surface area contributed by atoms with Crippen molar-refractivity contribution in [2.24, 2.45) is 0 Å². The number of halogens is 1. The van der Waals surface area contributed by atoms with Crippen molar-refractivity contribution in [3.8, 4) is 5.75 Å². The van der Waals surface area contributed by atoms with Gasteiger partial charge in [-0.25, -0.2) is 4.79 Å². The number of likely N-dealkylation sites (tertiary alicyclic amines) is 1. The third-order valence-corrected chi connectivity index (χ3v) is 3.83. The highest BCUT2D eigenvalue weighted by Gasteiger charge is 2.31. The fraction of sp³-hybridized carbons (Fsp3) is 0.467. The predicted molar refractivity (Wildman–Crippen MR) is 78.7 cm³/mol. The van der Waals surface area contributed by atoms with E-state index >= 15 is 0 Å². The van der Waals surface area contributed by atoms with Crippen molar-refractivity contribution >= 4 is 23.5 Å². The van der Waals surface area contributed by atoms with Crippen molar-refractivity contribution in [2.75, 3.05) is 13.2 Å². The fourth-order valence-corrected chi connectivity index (χ4v) is 2.71. The molecule has 6 heteroatoms. The number of carboxylic acids is 1. The predicted octanol–water partition coefficient (Wildman–Crippen LogP) is 2.49. The standard InChI is InChI=1S/C15H18ClNO4/c1-10-8-11(16)5-6-13(10)21-9-14(18)17-7-3-2-4-12(17)15(19)20/h5-6,8,12H,2-4,7,9H2,1H3,(H,19,20). The molecule has 1 aromatic carbocycles. The van der Waals surface area contributed by atoms with Gasteiger partial charge in [-0.15, -0.1) is 0 Å². The maximum atomic E-state index is 12.2. The zero-order valence-electron chi connectivity index (χ0n) is 11.8. The molecule has 114 valence electrons. The summed E-state index contributed by atoms with van der Waals surface area (Å²) >= 11 is 5.86. The van der Waals surface area contributed by atoms with Crippen LogP contribution < -0.4 is 4.74 Å². The number of rotatable bonds is 4. The minimum atomic E-state index is -0.953. The van der Waals surface area contributed by atoms with Gasteiger partial charge in [0.25, 0.3) is 5.91 Å². The van der Waals surface area contributed by atoms with Crippen LogP contribution in [0.2, 0.25) is 5.02 Å². The zero-order chi connectivity index (χ0) is 15.4. The summed E-state index contributed by atoms with van der Waals surface area (Å²) in [4.78, 5) is 24.8. The summed E-state index contributed by atoms with van der Waals surface area (Å²) in [6.45, 7) is 2.15. The van der Waals surface area contributed by atoms with Crippen molar-refractivity contribution in [2.45, 2.75) is 32.2 Å². The number of amides is 1. The number of carbonyl (C=O) groups excluding carboxylic acids is 1. The second kappa shape index (κ2) is 6.80. The monoisotopic (exact) mass is 311 g/mol. The van der Waals surface area contributed by atoms with E-state index in [1.807, 2.05) is 6.92 Å². The fourth-order valence-electron chi connectivity index (χ4n) is 2.48. The first kappa shape index (κ1) is 15.6. The van der Waals surface area contributed by atoms with E-state index in [1.165, 1.54) is 4.90 Å². The number of ether oxygens (including phenoxy) is 1. The Kier molecular flexibility index (Phi) is 5.07. The van der Waals surface area contributed by atoms with E-state index in [4.69, 9.17) is 21.4 Å². The molecule has 0 bridgehead atoms. The molecule has 2 rings (SSSR count). The minimum Gasteiger partial charge on any atom is -0.483 e. The Bertz CT molecular complexity index is 546. The smallest absolute Gasteiger partial charge is 0.326 e. The van der Waals surface area contributed by atoms with E-state index < -0.39 is 12.0 Å². The highest BCUT2D eigenvalue weighted by molar-refractivity contribution is 6.30. The van der Waals surface area contributed by atoms with Gasteiger partial charge in [-0.1, -0.05) is 11.6 Å². The summed E-state index contributed by atoms with van der Waals surface area (Å²) in [6.07, 6.45) is 2.16. The van der Waals surface area contributed by atoms with Gasteiger partial charge < -0.3 is 14.7 Å². The Balaban J connectivity index is 1.98. The molecule has 0 aromatic heterocycles. The van der Waals surface area contributed by atoms with Gasteiger partial charge in [0.15, 0.2) is 6.61 Å². The molecule has 1 atom stereocenters. The summed E-state index contributed by atoms with van der Waals surface area (Å²) in [7, 11) is 0. The second-order valence-corrected chi connectivity index (χ2v) is 5.57. The zero-order valence-corrected chi connectivity index (χ0v) is 12.6. The van der Waals surface area contributed by atoms with Crippen LogP contribution in [-0.4, -0.2) is 41.1 Å². The summed E-state index contributed by atoms with van der Waals surface area (Å²) < 4.78 is 5.49. The molecule has 5 nitrogen and oxygen atoms in total. The molecular weight excluding hydrogens is 294 g/mol. The average molecular weight is 312 g/mol. The van der Waals surface area contributed by atoms with Gasteiger partial charge in [0.2, 0.25) is 0 Å². The number of aryl methyl sites for hydroxylation is 1. The Hall–Kier alpha value is -1.75. The Morgan fingerprint density at radius 2 is 2.19 bits per heavy atom. The second-order valence-electron chi connectivity index (χ2n) is 5.14. The summed E-state index contributed by atoms with van der Waals surface area (Å²) in [5, 5.41) is 9.77. The molecule has 21 heavy (non-hydrogen) atoms. The topological polar surface area (TPSA) is 66.8 Å². The molecule has 1 heterocycles. The van der Waals surface area contributed by atoms with Gasteiger partial charge >= 0.3 is 5.97 Å². The number of aliphatic carboxylic acids is 1. The number of hydrogen-bond acceptors (Lipinski definition) is 3. The van der Waals surface area contributed by atoms with Gasteiger partial charge in [-0.2, -0.15) is 0 Å². The van der Waals surface area contributed by atoms with Crippen LogP contribution in [0.25, 0.3) is 0 Å². The lowest BCUT2D eigenvalue weighted by Gasteiger charge is -2.32. The molecule has 1 aliphatic rings. The largest absolute Gasteiger partial charge is 0.483 e. The maximum Gasteiger partial charge on any atom is 0.326 e. The molecular formula is C15H18ClNO4. The van der Waals surface area contributed by atoms with Crippen molar-refractivity contribution in [3.63, 3.8) is 0 Å². The maximum absolute atomic E-state index is 12.2. The van der Waals surface area contributed by atoms with E-state index in [9.17, 15) is 9.59 Å². The number of nitrogens with zero attached hydrogens (tertiary/aromatic N) is 1. The van der Waals surface area contributed by atoms with E-state index in [1.54, 1.807) is 18.2 Å². The average Bonchev–Trinajstić information content (AvgIpc) is 2.46. The minimum absolute atomic E-state index is 0.160. The quantitative estimate of drug-likeness (QED) is 0.927.